The fourth-order valence-electron chi connectivity index (χ4n) is 2.54. The van der Waals surface area contributed by atoms with Crippen LogP contribution in [0, 0.1) is 5.92 Å². The molecule has 0 aliphatic heterocycles. The molecule has 23 heavy (non-hydrogen) atoms. The molecule has 6 heteroatoms. The molecule has 1 atom stereocenters. The van der Waals surface area contributed by atoms with E-state index in [0.29, 0.717) is 17.3 Å². The Kier molecular flexibility index (Phi) is 3.88. The Bertz CT molecular complexity index is 817. The fourth-order valence-corrected chi connectivity index (χ4v) is 4.48. The second kappa shape index (κ2) is 6.03. The first kappa shape index (κ1) is 14.8. The van der Waals surface area contributed by atoms with Crippen LogP contribution in [0.25, 0.3) is 20.1 Å². The maximum Gasteiger partial charge on any atom is 0.261 e. The van der Waals surface area contributed by atoms with Crippen molar-refractivity contribution in [3.8, 4) is 9.88 Å². The molecule has 118 valence electrons. The van der Waals surface area contributed by atoms with Gasteiger partial charge >= 0.3 is 0 Å². The van der Waals surface area contributed by atoms with Crippen LogP contribution in [-0.4, -0.2) is 23.5 Å². The van der Waals surface area contributed by atoms with E-state index in [1.807, 2.05) is 30.3 Å². The van der Waals surface area contributed by atoms with Gasteiger partial charge in [0.05, 0.1) is 20.0 Å². The molecular formula is C17H17N3OS2. The molecule has 3 aromatic rings. The van der Waals surface area contributed by atoms with E-state index in [1.54, 1.807) is 11.3 Å². The van der Waals surface area contributed by atoms with Crippen LogP contribution in [0.1, 0.15) is 22.5 Å². The lowest BCUT2D eigenvalue weighted by atomic mass is 10.2. The van der Waals surface area contributed by atoms with Crippen molar-refractivity contribution in [3.63, 3.8) is 0 Å². The normalized spacial score (nSPS) is 15.7. The Morgan fingerprint density at radius 1 is 1.26 bits per heavy atom. The lowest BCUT2D eigenvalue weighted by Gasteiger charge is -2.10. The first-order valence-electron chi connectivity index (χ1n) is 7.70. The van der Waals surface area contributed by atoms with Crippen LogP contribution in [0.5, 0.6) is 0 Å². The molecular weight excluding hydrogens is 326 g/mol. The quantitative estimate of drug-likeness (QED) is 0.745. The van der Waals surface area contributed by atoms with E-state index in [2.05, 4.69) is 16.4 Å². The monoisotopic (exact) mass is 343 g/mol. The van der Waals surface area contributed by atoms with Crippen molar-refractivity contribution >= 4 is 38.8 Å². The highest BCUT2D eigenvalue weighted by Crippen LogP contribution is 2.34. The summed E-state index contributed by atoms with van der Waals surface area (Å²) >= 11 is 3.13. The number of nitrogens with one attached hydrogen (secondary N) is 1. The molecule has 1 aliphatic rings. The molecule has 0 radical (unpaired) electrons. The number of nitrogens with zero attached hydrogens (tertiary/aromatic N) is 1. The first-order chi connectivity index (χ1) is 11.2. The van der Waals surface area contributed by atoms with Crippen molar-refractivity contribution in [2.75, 3.05) is 6.54 Å². The van der Waals surface area contributed by atoms with Crippen molar-refractivity contribution in [1.82, 2.24) is 10.3 Å². The summed E-state index contributed by atoms with van der Waals surface area (Å²) in [5.41, 5.74) is 7.03. The molecule has 2 heterocycles. The van der Waals surface area contributed by atoms with Crippen LogP contribution < -0.4 is 11.1 Å². The number of nitrogens with two attached hydrogens (primary N) is 1. The van der Waals surface area contributed by atoms with Crippen molar-refractivity contribution in [1.29, 1.82) is 0 Å². The second-order valence-corrected chi connectivity index (χ2v) is 7.98. The summed E-state index contributed by atoms with van der Waals surface area (Å²) in [6.07, 6.45) is 2.38. The number of aromatic nitrogens is 1. The molecule has 1 saturated carbocycles. The Labute approximate surface area is 142 Å². The number of rotatable bonds is 5. The SMILES string of the molecule is NC(CNC(=O)c1ccc(-c2nc3ccccc3s2)s1)C1CC1. The average molecular weight is 343 g/mol. The van der Waals surface area contributed by atoms with Crippen LogP contribution in [0.2, 0.25) is 0 Å². The predicted octanol–water partition coefficient (Wildman–Crippen LogP) is 3.49. The molecule has 1 amide bonds. The van der Waals surface area contributed by atoms with Gasteiger partial charge in [-0.3, -0.25) is 4.79 Å². The molecule has 2 aromatic heterocycles. The van der Waals surface area contributed by atoms with Gasteiger partial charge in [-0.05, 0) is 43.0 Å². The van der Waals surface area contributed by atoms with Gasteiger partial charge in [-0.25, -0.2) is 4.98 Å². The third-order valence-electron chi connectivity index (χ3n) is 4.06. The van der Waals surface area contributed by atoms with E-state index in [-0.39, 0.29) is 11.9 Å². The third-order valence-corrected chi connectivity index (χ3v) is 6.35. The van der Waals surface area contributed by atoms with Crippen molar-refractivity contribution in [3.05, 3.63) is 41.3 Å². The maximum atomic E-state index is 12.2. The Morgan fingerprint density at radius 2 is 2.09 bits per heavy atom. The number of carbonyl (C=O) groups is 1. The highest BCUT2D eigenvalue weighted by molar-refractivity contribution is 7.26. The number of hydrogen-bond donors (Lipinski definition) is 2. The van der Waals surface area contributed by atoms with E-state index in [1.165, 1.54) is 24.2 Å². The predicted molar refractivity (Wildman–Crippen MR) is 96.0 cm³/mol. The van der Waals surface area contributed by atoms with E-state index in [0.717, 1.165) is 20.1 Å². The second-order valence-electron chi connectivity index (χ2n) is 5.86. The van der Waals surface area contributed by atoms with Crippen LogP contribution in [-0.2, 0) is 0 Å². The smallest absolute Gasteiger partial charge is 0.261 e. The summed E-state index contributed by atoms with van der Waals surface area (Å²) in [6, 6.07) is 12.0. The third kappa shape index (κ3) is 3.15. The number of carbonyl (C=O) groups excluding carboxylic acids is 1. The minimum absolute atomic E-state index is 0.0431. The van der Waals surface area contributed by atoms with Crippen LogP contribution in [0.3, 0.4) is 0 Å². The molecule has 3 N–H and O–H groups in total. The summed E-state index contributed by atoms with van der Waals surface area (Å²) in [7, 11) is 0. The van der Waals surface area contributed by atoms with Gasteiger partial charge in [-0.15, -0.1) is 22.7 Å². The van der Waals surface area contributed by atoms with Gasteiger partial charge in [0.25, 0.3) is 5.91 Å². The number of fused-ring (bicyclic) bond motifs is 1. The molecule has 1 fully saturated rings. The van der Waals surface area contributed by atoms with Crippen molar-refractivity contribution in [2.24, 2.45) is 11.7 Å². The summed E-state index contributed by atoms with van der Waals surface area (Å²) < 4.78 is 1.16. The lowest BCUT2D eigenvalue weighted by molar-refractivity contribution is 0.0954. The van der Waals surface area contributed by atoms with Gasteiger partial charge in [-0.2, -0.15) is 0 Å². The van der Waals surface area contributed by atoms with Crippen LogP contribution in [0.15, 0.2) is 36.4 Å². The molecule has 1 unspecified atom stereocenters. The van der Waals surface area contributed by atoms with Gasteiger partial charge in [0, 0.05) is 12.6 Å². The number of para-hydroxylation sites is 1. The van der Waals surface area contributed by atoms with Gasteiger partial charge in [0.2, 0.25) is 0 Å². The molecule has 1 aliphatic carbocycles. The summed E-state index contributed by atoms with van der Waals surface area (Å²) in [5.74, 6) is 0.551. The van der Waals surface area contributed by atoms with E-state index in [9.17, 15) is 4.79 Å². The molecule has 4 rings (SSSR count). The lowest BCUT2D eigenvalue weighted by Crippen LogP contribution is -2.38. The molecule has 0 bridgehead atoms. The molecule has 0 spiro atoms. The number of thiazole rings is 1. The maximum absolute atomic E-state index is 12.2. The molecule has 1 aromatic carbocycles. The summed E-state index contributed by atoms with van der Waals surface area (Å²) in [5, 5.41) is 3.90. The van der Waals surface area contributed by atoms with Gasteiger partial charge in [0.15, 0.2) is 0 Å². The Morgan fingerprint density at radius 3 is 2.87 bits per heavy atom. The van der Waals surface area contributed by atoms with Gasteiger partial charge < -0.3 is 11.1 Å². The number of hydrogen-bond acceptors (Lipinski definition) is 5. The van der Waals surface area contributed by atoms with E-state index in [4.69, 9.17) is 5.73 Å². The van der Waals surface area contributed by atoms with Crippen molar-refractivity contribution < 1.29 is 4.79 Å². The Balaban J connectivity index is 1.48. The largest absolute Gasteiger partial charge is 0.350 e. The first-order valence-corrected chi connectivity index (χ1v) is 9.33. The zero-order valence-electron chi connectivity index (χ0n) is 12.5. The number of thiophene rings is 1. The number of amides is 1. The average Bonchev–Trinajstić information content (AvgIpc) is 3.14. The summed E-state index contributed by atoms with van der Waals surface area (Å²) in [6.45, 7) is 0.553. The topological polar surface area (TPSA) is 68.0 Å². The van der Waals surface area contributed by atoms with Gasteiger partial charge in [-0.1, -0.05) is 12.1 Å². The molecule has 4 nitrogen and oxygen atoms in total. The van der Waals surface area contributed by atoms with Gasteiger partial charge in [0.1, 0.15) is 5.01 Å². The van der Waals surface area contributed by atoms with Crippen LogP contribution >= 0.6 is 22.7 Å². The minimum atomic E-state index is -0.0431. The standard InChI is InChI=1S/C17H17N3OS2/c18-11(10-5-6-10)9-19-16(21)14-7-8-15(22-14)17-20-12-3-1-2-4-13(12)23-17/h1-4,7-8,10-11H,5-6,9,18H2,(H,19,21). The zero-order valence-corrected chi connectivity index (χ0v) is 14.1. The van der Waals surface area contributed by atoms with Crippen molar-refractivity contribution in [2.45, 2.75) is 18.9 Å². The number of benzene rings is 1. The zero-order chi connectivity index (χ0) is 15.8. The van der Waals surface area contributed by atoms with E-state index < -0.39 is 0 Å². The highest BCUT2D eigenvalue weighted by Gasteiger charge is 2.28. The Hall–Kier alpha value is -1.76. The summed E-state index contributed by atoms with van der Waals surface area (Å²) in [4.78, 5) is 18.6. The minimum Gasteiger partial charge on any atom is -0.350 e. The van der Waals surface area contributed by atoms with Crippen LogP contribution in [0.4, 0.5) is 0 Å². The highest BCUT2D eigenvalue weighted by atomic mass is 32.1. The van der Waals surface area contributed by atoms with E-state index >= 15 is 0 Å². The fraction of sp³-hybridized carbons (Fsp3) is 0.294. The molecule has 0 saturated heterocycles.